The molecule has 0 amide bonds. The van der Waals surface area contributed by atoms with Crippen molar-refractivity contribution in [2.45, 2.75) is 18.6 Å². The van der Waals surface area contributed by atoms with Crippen molar-refractivity contribution in [1.82, 2.24) is 0 Å². The van der Waals surface area contributed by atoms with E-state index >= 15 is 0 Å². The minimum absolute atomic E-state index is 0. The molecule has 1 saturated heterocycles. The molecule has 0 aromatic carbocycles. The van der Waals surface area contributed by atoms with Gasteiger partial charge in [-0.25, -0.2) is 8.42 Å². The molecule has 6 nitrogen and oxygen atoms in total. The normalized spacial score (nSPS) is 29.4. The van der Waals surface area contributed by atoms with Crippen LogP contribution in [0.2, 0.25) is 0 Å². The number of aliphatic hydroxyl groups excluding tert-OH is 1. The van der Waals surface area contributed by atoms with Crippen LogP contribution in [-0.2, 0) is 19.3 Å². The molecule has 8 heteroatoms. The van der Waals surface area contributed by atoms with Gasteiger partial charge < -0.3 is 14.4 Å². The first-order valence-electron chi connectivity index (χ1n) is 3.39. The molecule has 0 aromatic heterocycles. The fourth-order valence-electron chi connectivity index (χ4n) is 0.944. The average molecular weight is 220 g/mol. The summed E-state index contributed by atoms with van der Waals surface area (Å²) in [7, 11) is -4.75. The molecule has 2 atom stereocenters. The van der Waals surface area contributed by atoms with E-state index < -0.39 is 22.6 Å². The van der Waals surface area contributed by atoms with Crippen molar-refractivity contribution >= 4 is 10.4 Å². The quantitative estimate of drug-likeness (QED) is 0.287. The molecule has 1 fully saturated rings. The Morgan fingerprint density at radius 1 is 1.54 bits per heavy atom. The van der Waals surface area contributed by atoms with Gasteiger partial charge in [-0.15, -0.1) is 0 Å². The molecule has 1 N–H and O–H groups in total. The smallest absolute Gasteiger partial charge is 0.726 e. The third kappa shape index (κ3) is 5.28. The molecule has 2 unspecified atom stereocenters. The molecule has 1 rings (SSSR count). The molecule has 0 radical (unpaired) electrons. The standard InChI is InChI=1S/C5H10O6S.Na/c6-4-1-2-10-3-5(4)11-12(7,8)9;/h4-6H,1-3H2,(H,7,8,9);/q;+1/p-1. The first-order valence-corrected chi connectivity index (χ1v) is 4.72. The van der Waals surface area contributed by atoms with E-state index in [0.29, 0.717) is 6.61 Å². The molecule has 72 valence electrons. The second-order valence-corrected chi connectivity index (χ2v) is 3.48. The van der Waals surface area contributed by atoms with Gasteiger partial charge in [0.25, 0.3) is 0 Å². The van der Waals surface area contributed by atoms with E-state index in [1.807, 2.05) is 0 Å². The number of ether oxygens (including phenoxy) is 1. The number of aliphatic hydroxyl groups is 1. The Labute approximate surface area is 98.5 Å². The first kappa shape index (κ1) is 13.8. The maximum Gasteiger partial charge on any atom is 1.00 e. The van der Waals surface area contributed by atoms with Crippen molar-refractivity contribution in [2.75, 3.05) is 13.2 Å². The molecule has 0 aliphatic carbocycles. The summed E-state index contributed by atoms with van der Waals surface area (Å²) in [5.41, 5.74) is 0. The molecule has 0 aromatic rings. The van der Waals surface area contributed by atoms with Crippen LogP contribution in [0.4, 0.5) is 0 Å². The van der Waals surface area contributed by atoms with Gasteiger partial charge in [0.2, 0.25) is 10.4 Å². The van der Waals surface area contributed by atoms with Crippen LogP contribution in [0.1, 0.15) is 6.42 Å². The van der Waals surface area contributed by atoms with Crippen LogP contribution >= 0.6 is 0 Å². The zero-order valence-corrected chi connectivity index (χ0v) is 9.99. The van der Waals surface area contributed by atoms with E-state index in [2.05, 4.69) is 4.18 Å². The summed E-state index contributed by atoms with van der Waals surface area (Å²) in [5.74, 6) is 0. The molecule has 0 spiro atoms. The Hall–Kier alpha value is 0.790. The van der Waals surface area contributed by atoms with Crippen LogP contribution in [0.25, 0.3) is 0 Å². The van der Waals surface area contributed by atoms with Crippen molar-refractivity contribution in [3.05, 3.63) is 0 Å². The first-order chi connectivity index (χ1) is 5.49. The molecule has 0 bridgehead atoms. The molecule has 1 aliphatic heterocycles. The van der Waals surface area contributed by atoms with Crippen LogP contribution in [0, 0.1) is 0 Å². The maximum atomic E-state index is 10.1. The Morgan fingerprint density at radius 3 is 2.62 bits per heavy atom. The predicted molar refractivity (Wildman–Crippen MR) is 36.0 cm³/mol. The zero-order valence-electron chi connectivity index (χ0n) is 7.17. The number of hydrogen-bond donors (Lipinski definition) is 1. The fourth-order valence-corrected chi connectivity index (χ4v) is 1.43. The zero-order chi connectivity index (χ0) is 9.19. The average Bonchev–Trinajstić information content (AvgIpc) is 1.91. The molecular weight excluding hydrogens is 211 g/mol. The van der Waals surface area contributed by atoms with E-state index in [9.17, 15) is 13.0 Å². The monoisotopic (exact) mass is 220 g/mol. The Bertz CT molecular complexity index is 239. The SMILES string of the molecule is O=S(=O)([O-])OC1COCCC1O.[Na+]. The summed E-state index contributed by atoms with van der Waals surface area (Å²) < 4.78 is 39.1. The molecule has 1 aliphatic rings. The van der Waals surface area contributed by atoms with Crippen LogP contribution in [-0.4, -0.2) is 43.5 Å². The van der Waals surface area contributed by atoms with E-state index in [0.717, 1.165) is 0 Å². The summed E-state index contributed by atoms with van der Waals surface area (Å²) in [6.45, 7) is 0.280. The van der Waals surface area contributed by atoms with Crippen molar-refractivity contribution in [3.8, 4) is 0 Å². The van der Waals surface area contributed by atoms with E-state index in [4.69, 9.17) is 9.84 Å². The van der Waals surface area contributed by atoms with E-state index in [1.54, 1.807) is 0 Å². The Kier molecular flexibility index (Phi) is 5.96. The third-order valence-corrected chi connectivity index (χ3v) is 1.99. The third-order valence-electron chi connectivity index (χ3n) is 1.51. The van der Waals surface area contributed by atoms with Gasteiger partial charge in [-0.1, -0.05) is 0 Å². The van der Waals surface area contributed by atoms with Gasteiger partial charge in [-0.3, -0.25) is 4.18 Å². The Morgan fingerprint density at radius 2 is 2.15 bits per heavy atom. The van der Waals surface area contributed by atoms with Gasteiger partial charge in [-0.2, -0.15) is 0 Å². The molecule has 0 saturated carbocycles. The maximum absolute atomic E-state index is 10.1. The van der Waals surface area contributed by atoms with Gasteiger partial charge in [0.15, 0.2) is 0 Å². The van der Waals surface area contributed by atoms with Crippen molar-refractivity contribution in [1.29, 1.82) is 0 Å². The summed E-state index contributed by atoms with van der Waals surface area (Å²) in [4.78, 5) is 0. The van der Waals surface area contributed by atoms with Crippen LogP contribution in [0.3, 0.4) is 0 Å². The molecule has 13 heavy (non-hydrogen) atoms. The van der Waals surface area contributed by atoms with E-state index in [1.165, 1.54) is 0 Å². The van der Waals surface area contributed by atoms with E-state index in [-0.39, 0.29) is 42.6 Å². The van der Waals surface area contributed by atoms with Gasteiger partial charge in [0.1, 0.15) is 6.10 Å². The minimum Gasteiger partial charge on any atom is -0.726 e. The fraction of sp³-hybridized carbons (Fsp3) is 1.00. The number of hydrogen-bond acceptors (Lipinski definition) is 6. The van der Waals surface area contributed by atoms with Crippen molar-refractivity contribution < 1.29 is 56.6 Å². The molecular formula is C5H9NaO6S. The van der Waals surface area contributed by atoms with Gasteiger partial charge in [0.05, 0.1) is 12.7 Å². The van der Waals surface area contributed by atoms with Crippen LogP contribution < -0.4 is 29.6 Å². The summed E-state index contributed by atoms with van der Waals surface area (Å²) in [6, 6.07) is 0. The van der Waals surface area contributed by atoms with Crippen LogP contribution in [0.5, 0.6) is 0 Å². The largest absolute Gasteiger partial charge is 1.00 e. The Balaban J connectivity index is 0.00000144. The van der Waals surface area contributed by atoms with Crippen molar-refractivity contribution in [3.63, 3.8) is 0 Å². The second-order valence-electron chi connectivity index (χ2n) is 2.47. The van der Waals surface area contributed by atoms with Gasteiger partial charge >= 0.3 is 29.6 Å². The summed E-state index contributed by atoms with van der Waals surface area (Å²) >= 11 is 0. The summed E-state index contributed by atoms with van der Waals surface area (Å²) in [6.07, 6.45) is -1.72. The molecule has 1 heterocycles. The topological polar surface area (TPSA) is 95.9 Å². The second kappa shape index (κ2) is 5.62. The van der Waals surface area contributed by atoms with Gasteiger partial charge in [-0.05, 0) is 6.42 Å². The number of rotatable bonds is 2. The van der Waals surface area contributed by atoms with Crippen LogP contribution in [0.15, 0.2) is 0 Å². The summed E-state index contributed by atoms with van der Waals surface area (Å²) in [5, 5.41) is 9.12. The predicted octanol–water partition coefficient (Wildman–Crippen LogP) is -4.38. The van der Waals surface area contributed by atoms with Gasteiger partial charge in [0, 0.05) is 6.61 Å². The van der Waals surface area contributed by atoms with Crippen molar-refractivity contribution in [2.24, 2.45) is 0 Å². The minimum atomic E-state index is -4.75.